The van der Waals surface area contributed by atoms with Crippen LogP contribution in [0.4, 0.5) is 13.2 Å². The van der Waals surface area contributed by atoms with E-state index in [4.69, 9.17) is 5.73 Å². The third kappa shape index (κ3) is 4.74. The van der Waals surface area contributed by atoms with Gasteiger partial charge in [-0.3, -0.25) is 4.79 Å². The van der Waals surface area contributed by atoms with Crippen LogP contribution in [0.2, 0.25) is 0 Å². The highest BCUT2D eigenvalue weighted by Crippen LogP contribution is 2.31. The number of halogens is 3. The lowest BCUT2D eigenvalue weighted by atomic mass is 10.0. The second-order valence-electron chi connectivity index (χ2n) is 5.16. The number of rotatable bonds is 5. The summed E-state index contributed by atoms with van der Waals surface area (Å²) in [5.41, 5.74) is 5.37. The summed E-state index contributed by atoms with van der Waals surface area (Å²) in [4.78, 5) is 13.6. The number of carbonyl (C=O) groups excluding carboxylic acids is 1. The van der Waals surface area contributed by atoms with Crippen LogP contribution in [0.15, 0.2) is 24.3 Å². The average molecular weight is 302 g/mol. The Morgan fingerprint density at radius 2 is 1.95 bits per heavy atom. The minimum absolute atomic E-state index is 0.155. The molecule has 0 bridgehead atoms. The zero-order valence-corrected chi connectivity index (χ0v) is 12.4. The van der Waals surface area contributed by atoms with Crippen molar-refractivity contribution in [1.29, 1.82) is 0 Å². The van der Waals surface area contributed by atoms with Gasteiger partial charge in [0.05, 0.1) is 11.6 Å². The highest BCUT2D eigenvalue weighted by Gasteiger charge is 2.31. The minimum Gasteiger partial charge on any atom is -0.336 e. The van der Waals surface area contributed by atoms with Crippen molar-refractivity contribution < 1.29 is 18.0 Å². The summed E-state index contributed by atoms with van der Waals surface area (Å²) in [6.07, 6.45) is -4.21. The molecule has 0 saturated carbocycles. The number of carbonyl (C=O) groups is 1. The van der Waals surface area contributed by atoms with Crippen molar-refractivity contribution in [2.75, 3.05) is 6.54 Å². The van der Waals surface area contributed by atoms with E-state index in [0.29, 0.717) is 12.1 Å². The van der Waals surface area contributed by atoms with Crippen LogP contribution in [0.1, 0.15) is 44.4 Å². The fourth-order valence-corrected chi connectivity index (χ4v) is 2.21. The first kappa shape index (κ1) is 17.5. The lowest BCUT2D eigenvalue weighted by molar-refractivity contribution is -0.137. The molecule has 0 radical (unpaired) electrons. The zero-order chi connectivity index (χ0) is 16.2. The number of benzene rings is 1. The molecule has 0 fully saturated rings. The van der Waals surface area contributed by atoms with E-state index in [1.165, 1.54) is 6.07 Å². The van der Waals surface area contributed by atoms with Crippen LogP contribution in [-0.2, 0) is 11.0 Å². The summed E-state index contributed by atoms with van der Waals surface area (Å²) in [5.74, 6) is -0.155. The first-order chi connectivity index (χ1) is 9.66. The van der Waals surface area contributed by atoms with Crippen molar-refractivity contribution in [2.45, 2.75) is 45.5 Å². The van der Waals surface area contributed by atoms with Crippen molar-refractivity contribution in [3.63, 3.8) is 0 Å². The Kier molecular flexibility index (Phi) is 5.78. The van der Waals surface area contributed by atoms with Gasteiger partial charge in [-0.25, -0.2) is 0 Å². The maximum absolute atomic E-state index is 12.7. The van der Waals surface area contributed by atoms with Crippen molar-refractivity contribution in [1.82, 2.24) is 4.90 Å². The van der Waals surface area contributed by atoms with Crippen LogP contribution >= 0.6 is 0 Å². The molecule has 3 nitrogen and oxygen atoms in total. The lowest BCUT2D eigenvalue weighted by Crippen LogP contribution is -2.36. The molecule has 21 heavy (non-hydrogen) atoms. The zero-order valence-electron chi connectivity index (χ0n) is 12.4. The van der Waals surface area contributed by atoms with Gasteiger partial charge in [0.15, 0.2) is 0 Å². The standard InChI is InChI=1S/C15H21F3N2O/c1-4-20(14(21)8-10(2)19)11(3)12-6-5-7-13(9-12)15(16,17)18/h5-7,9-11H,4,8,19H2,1-3H3. The summed E-state index contributed by atoms with van der Waals surface area (Å²) in [5, 5.41) is 0. The Morgan fingerprint density at radius 1 is 1.33 bits per heavy atom. The lowest BCUT2D eigenvalue weighted by Gasteiger charge is -2.29. The molecule has 2 N–H and O–H groups in total. The molecule has 0 heterocycles. The topological polar surface area (TPSA) is 46.3 Å². The molecule has 118 valence electrons. The Hall–Kier alpha value is -1.56. The number of alkyl halides is 3. The Morgan fingerprint density at radius 3 is 2.43 bits per heavy atom. The molecule has 0 spiro atoms. The SMILES string of the molecule is CCN(C(=O)CC(C)N)C(C)c1cccc(C(F)(F)F)c1. The van der Waals surface area contributed by atoms with Crippen LogP contribution in [0.3, 0.4) is 0 Å². The summed E-state index contributed by atoms with van der Waals surface area (Å²) >= 11 is 0. The van der Waals surface area contributed by atoms with Gasteiger partial charge in [-0.15, -0.1) is 0 Å². The van der Waals surface area contributed by atoms with E-state index in [1.807, 2.05) is 0 Å². The van der Waals surface area contributed by atoms with Gasteiger partial charge in [0.2, 0.25) is 5.91 Å². The van der Waals surface area contributed by atoms with Crippen molar-refractivity contribution >= 4 is 5.91 Å². The fourth-order valence-electron chi connectivity index (χ4n) is 2.21. The summed E-state index contributed by atoms with van der Waals surface area (Å²) in [6.45, 7) is 5.66. The molecular weight excluding hydrogens is 281 g/mol. The van der Waals surface area contributed by atoms with E-state index < -0.39 is 17.8 Å². The number of hydrogen-bond acceptors (Lipinski definition) is 2. The predicted molar refractivity (Wildman–Crippen MR) is 75.5 cm³/mol. The summed E-state index contributed by atoms with van der Waals surface area (Å²) in [6, 6.07) is 4.37. The first-order valence-electron chi connectivity index (χ1n) is 6.89. The Bertz CT molecular complexity index is 486. The van der Waals surface area contributed by atoms with E-state index in [1.54, 1.807) is 31.7 Å². The molecule has 6 heteroatoms. The van der Waals surface area contributed by atoms with Gasteiger partial charge in [-0.1, -0.05) is 12.1 Å². The Balaban J connectivity index is 3.00. The first-order valence-corrected chi connectivity index (χ1v) is 6.89. The smallest absolute Gasteiger partial charge is 0.336 e. The van der Waals surface area contributed by atoms with Crippen molar-refractivity contribution in [3.05, 3.63) is 35.4 Å². The van der Waals surface area contributed by atoms with Crippen LogP contribution in [0.5, 0.6) is 0 Å². The van der Waals surface area contributed by atoms with E-state index in [9.17, 15) is 18.0 Å². The van der Waals surface area contributed by atoms with Gasteiger partial charge in [-0.05, 0) is 38.5 Å². The maximum Gasteiger partial charge on any atom is 0.416 e. The Labute approximate surface area is 122 Å². The molecule has 0 aliphatic heterocycles. The molecule has 0 aliphatic carbocycles. The van der Waals surface area contributed by atoms with Crippen molar-refractivity contribution in [3.8, 4) is 0 Å². The van der Waals surface area contributed by atoms with Gasteiger partial charge in [0.25, 0.3) is 0 Å². The number of nitrogens with zero attached hydrogens (tertiary/aromatic N) is 1. The molecular formula is C15H21F3N2O. The minimum atomic E-state index is -4.39. The van der Waals surface area contributed by atoms with Crippen molar-refractivity contribution in [2.24, 2.45) is 5.73 Å². The van der Waals surface area contributed by atoms with E-state index in [-0.39, 0.29) is 18.4 Å². The van der Waals surface area contributed by atoms with Crippen LogP contribution in [-0.4, -0.2) is 23.4 Å². The van der Waals surface area contributed by atoms with Gasteiger partial charge in [-0.2, -0.15) is 13.2 Å². The predicted octanol–water partition coefficient (Wildman–Crippen LogP) is 3.35. The maximum atomic E-state index is 12.7. The number of nitrogens with two attached hydrogens (primary N) is 1. The molecule has 2 unspecified atom stereocenters. The average Bonchev–Trinajstić information content (AvgIpc) is 2.37. The second kappa shape index (κ2) is 6.93. The highest BCUT2D eigenvalue weighted by atomic mass is 19.4. The molecule has 0 aromatic heterocycles. The molecule has 1 aromatic carbocycles. The molecule has 0 saturated heterocycles. The third-order valence-electron chi connectivity index (χ3n) is 3.32. The van der Waals surface area contributed by atoms with Gasteiger partial charge >= 0.3 is 6.18 Å². The quantitative estimate of drug-likeness (QED) is 0.906. The summed E-state index contributed by atoms with van der Waals surface area (Å²) in [7, 11) is 0. The highest BCUT2D eigenvalue weighted by molar-refractivity contribution is 5.77. The van der Waals surface area contributed by atoms with E-state index in [0.717, 1.165) is 12.1 Å². The van der Waals surface area contributed by atoms with E-state index >= 15 is 0 Å². The number of hydrogen-bond donors (Lipinski definition) is 1. The van der Waals surface area contributed by atoms with Crippen LogP contribution < -0.4 is 5.73 Å². The molecule has 1 aromatic rings. The molecule has 1 amide bonds. The van der Waals surface area contributed by atoms with Crippen LogP contribution in [0, 0.1) is 0 Å². The van der Waals surface area contributed by atoms with Gasteiger partial charge < -0.3 is 10.6 Å². The van der Waals surface area contributed by atoms with Crippen LogP contribution in [0.25, 0.3) is 0 Å². The third-order valence-corrected chi connectivity index (χ3v) is 3.32. The molecule has 1 rings (SSSR count). The number of amides is 1. The summed E-state index contributed by atoms with van der Waals surface area (Å²) < 4.78 is 38.2. The molecule has 2 atom stereocenters. The van der Waals surface area contributed by atoms with Gasteiger partial charge in [0.1, 0.15) is 0 Å². The normalized spacial score (nSPS) is 14.6. The second-order valence-corrected chi connectivity index (χ2v) is 5.16. The fraction of sp³-hybridized carbons (Fsp3) is 0.533. The monoisotopic (exact) mass is 302 g/mol. The van der Waals surface area contributed by atoms with Gasteiger partial charge in [0, 0.05) is 19.0 Å². The van der Waals surface area contributed by atoms with E-state index in [2.05, 4.69) is 0 Å². The molecule has 0 aliphatic rings. The largest absolute Gasteiger partial charge is 0.416 e.